The van der Waals surface area contributed by atoms with Crippen LogP contribution < -0.4 is 4.74 Å². The van der Waals surface area contributed by atoms with Gasteiger partial charge in [-0.25, -0.2) is 4.79 Å². The fourth-order valence-electron chi connectivity index (χ4n) is 1.39. The van der Waals surface area contributed by atoms with Crippen molar-refractivity contribution in [3.63, 3.8) is 0 Å². The van der Waals surface area contributed by atoms with Gasteiger partial charge in [0.05, 0.1) is 7.11 Å². The molecule has 0 saturated carbocycles. The zero-order valence-electron chi connectivity index (χ0n) is 9.07. The van der Waals surface area contributed by atoms with Crippen LogP contribution in [0.15, 0.2) is 24.3 Å². The van der Waals surface area contributed by atoms with E-state index in [4.69, 9.17) is 9.84 Å². The molecule has 1 aromatic carbocycles. The molecule has 0 atom stereocenters. The van der Waals surface area contributed by atoms with Crippen molar-refractivity contribution in [2.75, 3.05) is 7.11 Å². The summed E-state index contributed by atoms with van der Waals surface area (Å²) < 4.78 is 5.20. The van der Waals surface area contributed by atoms with Crippen LogP contribution in [0.3, 0.4) is 0 Å². The van der Waals surface area contributed by atoms with Crippen molar-refractivity contribution in [1.29, 1.82) is 0 Å². The molecule has 80 valence electrons. The van der Waals surface area contributed by atoms with E-state index >= 15 is 0 Å². The molecule has 1 rings (SSSR count). The van der Waals surface area contributed by atoms with Gasteiger partial charge in [-0.05, 0) is 31.1 Å². The summed E-state index contributed by atoms with van der Waals surface area (Å²) in [5, 5.41) is 8.65. The lowest BCUT2D eigenvalue weighted by molar-refractivity contribution is -0.131. The molecule has 0 fully saturated rings. The lowest BCUT2D eigenvalue weighted by Crippen LogP contribution is -1.94. The van der Waals surface area contributed by atoms with E-state index < -0.39 is 5.97 Å². The summed E-state index contributed by atoms with van der Waals surface area (Å²) >= 11 is 0. The molecule has 3 nitrogen and oxygen atoms in total. The maximum Gasteiger partial charge on any atom is 0.328 e. The van der Waals surface area contributed by atoms with Crippen LogP contribution in [0.1, 0.15) is 18.1 Å². The van der Waals surface area contributed by atoms with Gasteiger partial charge >= 0.3 is 5.97 Å². The monoisotopic (exact) mass is 206 g/mol. The normalized spacial score (nSPS) is 11.3. The van der Waals surface area contributed by atoms with Crippen LogP contribution in [0, 0.1) is 6.92 Å². The zero-order valence-corrected chi connectivity index (χ0v) is 9.07. The van der Waals surface area contributed by atoms with E-state index in [0.717, 1.165) is 11.1 Å². The number of carboxylic acids is 1. The lowest BCUT2D eigenvalue weighted by atomic mass is 10.0. The standard InChI is InChI=1S/C12H14O3/c1-8-4-5-10(11(6-8)15-3)9(2)7-12(13)14/h4-7H,1-3H3,(H,13,14). The largest absolute Gasteiger partial charge is 0.496 e. The molecule has 15 heavy (non-hydrogen) atoms. The molecule has 0 aliphatic heterocycles. The molecule has 0 amide bonds. The summed E-state index contributed by atoms with van der Waals surface area (Å²) in [6.45, 7) is 3.71. The van der Waals surface area contributed by atoms with Gasteiger partial charge in [-0.2, -0.15) is 0 Å². The second-order valence-electron chi connectivity index (χ2n) is 3.37. The van der Waals surface area contributed by atoms with Gasteiger partial charge in [-0.15, -0.1) is 0 Å². The number of methoxy groups -OCH3 is 1. The van der Waals surface area contributed by atoms with Gasteiger partial charge in [0.25, 0.3) is 0 Å². The topological polar surface area (TPSA) is 46.5 Å². The number of aryl methyl sites for hydroxylation is 1. The Kier molecular flexibility index (Phi) is 3.50. The van der Waals surface area contributed by atoms with Crippen LogP contribution in [0.5, 0.6) is 5.75 Å². The van der Waals surface area contributed by atoms with E-state index in [1.807, 2.05) is 25.1 Å². The predicted octanol–water partition coefficient (Wildman–Crippen LogP) is 2.49. The molecule has 3 heteroatoms. The van der Waals surface area contributed by atoms with Crippen LogP contribution in [0.25, 0.3) is 5.57 Å². The Morgan fingerprint density at radius 1 is 1.47 bits per heavy atom. The Bertz CT molecular complexity index is 405. The Morgan fingerprint density at radius 3 is 2.67 bits per heavy atom. The highest BCUT2D eigenvalue weighted by Gasteiger charge is 2.05. The van der Waals surface area contributed by atoms with E-state index in [0.29, 0.717) is 11.3 Å². The van der Waals surface area contributed by atoms with Crippen molar-refractivity contribution >= 4 is 11.5 Å². The van der Waals surface area contributed by atoms with E-state index in [9.17, 15) is 4.79 Å². The highest BCUT2D eigenvalue weighted by molar-refractivity contribution is 5.90. The predicted molar refractivity (Wildman–Crippen MR) is 59.0 cm³/mol. The van der Waals surface area contributed by atoms with Gasteiger partial charge in [-0.3, -0.25) is 0 Å². The van der Waals surface area contributed by atoms with Crippen LogP contribution in [0.2, 0.25) is 0 Å². The fraction of sp³-hybridized carbons (Fsp3) is 0.250. The van der Waals surface area contributed by atoms with E-state index in [2.05, 4.69) is 0 Å². The minimum atomic E-state index is -0.949. The highest BCUT2D eigenvalue weighted by Crippen LogP contribution is 2.26. The number of rotatable bonds is 3. The van der Waals surface area contributed by atoms with Gasteiger partial charge in [0.2, 0.25) is 0 Å². The maximum atomic E-state index is 10.5. The van der Waals surface area contributed by atoms with Crippen LogP contribution >= 0.6 is 0 Å². The molecule has 0 bridgehead atoms. The molecule has 1 N–H and O–H groups in total. The second kappa shape index (κ2) is 4.64. The molecule has 0 aliphatic carbocycles. The molecule has 0 unspecified atom stereocenters. The first-order chi connectivity index (χ1) is 7.04. The second-order valence-corrected chi connectivity index (χ2v) is 3.37. The number of benzene rings is 1. The molecular formula is C12H14O3. The van der Waals surface area contributed by atoms with Gasteiger partial charge in [-0.1, -0.05) is 12.1 Å². The van der Waals surface area contributed by atoms with Gasteiger partial charge in [0.1, 0.15) is 5.75 Å². The first-order valence-corrected chi connectivity index (χ1v) is 4.61. The number of hydrogen-bond donors (Lipinski definition) is 1. The Labute approximate surface area is 89.0 Å². The third-order valence-electron chi connectivity index (χ3n) is 2.12. The Balaban J connectivity index is 3.19. The molecule has 0 spiro atoms. The lowest BCUT2D eigenvalue weighted by Gasteiger charge is -2.09. The van der Waals surface area contributed by atoms with Crippen LogP contribution in [0.4, 0.5) is 0 Å². The number of carbonyl (C=O) groups is 1. The van der Waals surface area contributed by atoms with Gasteiger partial charge in [0, 0.05) is 11.6 Å². The summed E-state index contributed by atoms with van der Waals surface area (Å²) in [6.07, 6.45) is 1.17. The van der Waals surface area contributed by atoms with E-state index in [-0.39, 0.29) is 0 Å². The van der Waals surface area contributed by atoms with Crippen LogP contribution in [-0.2, 0) is 4.79 Å². The molecule has 0 heterocycles. The van der Waals surface area contributed by atoms with E-state index in [1.54, 1.807) is 14.0 Å². The molecule has 0 radical (unpaired) electrons. The highest BCUT2D eigenvalue weighted by atomic mass is 16.5. The molecule has 0 aromatic heterocycles. The van der Waals surface area contributed by atoms with Crippen molar-refractivity contribution in [1.82, 2.24) is 0 Å². The molecule has 0 saturated heterocycles. The Morgan fingerprint density at radius 2 is 2.13 bits per heavy atom. The van der Waals surface area contributed by atoms with Gasteiger partial charge in [0.15, 0.2) is 0 Å². The third-order valence-corrected chi connectivity index (χ3v) is 2.12. The number of allylic oxidation sites excluding steroid dienone is 1. The van der Waals surface area contributed by atoms with Crippen molar-refractivity contribution in [3.8, 4) is 5.75 Å². The summed E-state index contributed by atoms with van der Waals surface area (Å²) in [6, 6.07) is 5.68. The average molecular weight is 206 g/mol. The summed E-state index contributed by atoms with van der Waals surface area (Å²) in [7, 11) is 1.58. The zero-order chi connectivity index (χ0) is 11.4. The summed E-state index contributed by atoms with van der Waals surface area (Å²) in [5.41, 5.74) is 2.57. The van der Waals surface area contributed by atoms with Crippen molar-refractivity contribution in [2.45, 2.75) is 13.8 Å². The van der Waals surface area contributed by atoms with E-state index in [1.165, 1.54) is 6.08 Å². The fourth-order valence-corrected chi connectivity index (χ4v) is 1.39. The maximum absolute atomic E-state index is 10.5. The third kappa shape index (κ3) is 2.84. The summed E-state index contributed by atoms with van der Waals surface area (Å²) in [5.74, 6) is -0.250. The van der Waals surface area contributed by atoms with Crippen LogP contribution in [-0.4, -0.2) is 18.2 Å². The summed E-state index contributed by atoms with van der Waals surface area (Å²) in [4.78, 5) is 10.5. The molecular weight excluding hydrogens is 192 g/mol. The van der Waals surface area contributed by atoms with Gasteiger partial charge < -0.3 is 9.84 Å². The van der Waals surface area contributed by atoms with Crippen molar-refractivity contribution in [3.05, 3.63) is 35.4 Å². The first-order valence-electron chi connectivity index (χ1n) is 4.61. The van der Waals surface area contributed by atoms with Crippen molar-refractivity contribution < 1.29 is 14.6 Å². The Hall–Kier alpha value is -1.77. The molecule has 1 aromatic rings. The number of carboxylic acid groups (broad SMARTS) is 1. The number of aliphatic carboxylic acids is 1. The number of ether oxygens (including phenoxy) is 1. The SMILES string of the molecule is COc1cc(C)ccc1C(C)=CC(=O)O. The number of hydrogen-bond acceptors (Lipinski definition) is 2. The quantitative estimate of drug-likeness (QED) is 0.773. The minimum absolute atomic E-state index is 0.680. The van der Waals surface area contributed by atoms with Crippen molar-refractivity contribution in [2.24, 2.45) is 0 Å². The first kappa shape index (κ1) is 11.3. The molecule has 0 aliphatic rings. The smallest absolute Gasteiger partial charge is 0.328 e. The average Bonchev–Trinajstić information content (AvgIpc) is 2.16. The minimum Gasteiger partial charge on any atom is -0.496 e.